The van der Waals surface area contributed by atoms with Crippen LogP contribution in [-0.2, 0) is 0 Å². The van der Waals surface area contributed by atoms with E-state index >= 15 is 0 Å². The monoisotopic (exact) mass is 167 g/mol. The van der Waals surface area contributed by atoms with Crippen LogP contribution in [0.4, 0.5) is 0 Å². The zero-order valence-electron chi connectivity index (χ0n) is 7.59. The van der Waals surface area contributed by atoms with Crippen LogP contribution in [-0.4, -0.2) is 49.2 Å². The predicted molar refractivity (Wildman–Crippen MR) is 48.2 cm³/mol. The van der Waals surface area contributed by atoms with E-state index in [9.17, 15) is 0 Å². The van der Waals surface area contributed by atoms with E-state index in [1.165, 1.54) is 12.8 Å². The van der Waals surface area contributed by atoms with Crippen LogP contribution in [0.3, 0.4) is 0 Å². The first-order valence-corrected chi connectivity index (χ1v) is 5.05. The van der Waals surface area contributed by atoms with Gasteiger partial charge < -0.3 is 10.6 Å². The number of nitrogens with zero attached hydrogens (tertiary/aromatic N) is 1. The van der Waals surface area contributed by atoms with Gasteiger partial charge in [0.25, 0.3) is 0 Å². The third kappa shape index (κ3) is 0.934. The van der Waals surface area contributed by atoms with Crippen LogP contribution in [0.15, 0.2) is 0 Å². The summed E-state index contributed by atoms with van der Waals surface area (Å²) in [6.45, 7) is 2.31. The van der Waals surface area contributed by atoms with Crippen molar-refractivity contribution in [2.24, 2.45) is 0 Å². The Labute approximate surface area is 73.5 Å². The third-order valence-corrected chi connectivity index (χ3v) is 3.82. The van der Waals surface area contributed by atoms with Gasteiger partial charge >= 0.3 is 0 Å². The molecular formula is C9H17N3. The minimum atomic E-state index is 0.755. The fraction of sp³-hybridized carbons (Fsp3) is 1.00. The molecule has 68 valence electrons. The van der Waals surface area contributed by atoms with E-state index in [1.807, 2.05) is 0 Å². The van der Waals surface area contributed by atoms with Crippen LogP contribution in [0.25, 0.3) is 0 Å². The third-order valence-electron chi connectivity index (χ3n) is 3.82. The second kappa shape index (κ2) is 2.44. The molecule has 0 aromatic rings. The molecule has 2 heterocycles. The predicted octanol–water partition coefficient (Wildman–Crippen LogP) is -0.607. The molecule has 3 aliphatic rings. The van der Waals surface area contributed by atoms with E-state index in [-0.39, 0.29) is 0 Å². The maximum Gasteiger partial charge on any atom is 0.0268 e. The maximum absolute atomic E-state index is 3.61. The Morgan fingerprint density at radius 2 is 1.50 bits per heavy atom. The van der Waals surface area contributed by atoms with Crippen molar-refractivity contribution in [3.05, 3.63) is 0 Å². The first-order chi connectivity index (χ1) is 5.86. The van der Waals surface area contributed by atoms with Gasteiger partial charge in [-0.1, -0.05) is 0 Å². The smallest absolute Gasteiger partial charge is 0.0268 e. The van der Waals surface area contributed by atoms with Crippen molar-refractivity contribution in [3.8, 4) is 0 Å². The molecule has 4 atom stereocenters. The Kier molecular flexibility index (Phi) is 1.48. The molecule has 0 bridgehead atoms. The van der Waals surface area contributed by atoms with Crippen LogP contribution in [0, 0.1) is 0 Å². The van der Waals surface area contributed by atoms with E-state index < -0.39 is 0 Å². The highest BCUT2D eigenvalue weighted by Gasteiger charge is 2.51. The summed E-state index contributed by atoms with van der Waals surface area (Å²) < 4.78 is 0. The topological polar surface area (TPSA) is 27.1 Å². The number of likely N-dealkylation sites (tertiary alicyclic amines) is 1. The van der Waals surface area contributed by atoms with Gasteiger partial charge in [0.2, 0.25) is 0 Å². The minimum Gasteiger partial charge on any atom is -0.311 e. The van der Waals surface area contributed by atoms with E-state index in [4.69, 9.17) is 0 Å². The molecule has 1 aliphatic carbocycles. The van der Waals surface area contributed by atoms with E-state index in [1.54, 1.807) is 0 Å². The van der Waals surface area contributed by atoms with Gasteiger partial charge in [0, 0.05) is 37.3 Å². The molecule has 1 saturated carbocycles. The number of rotatable bonds is 0. The van der Waals surface area contributed by atoms with Crippen LogP contribution in [0.1, 0.15) is 12.8 Å². The van der Waals surface area contributed by atoms with Gasteiger partial charge in [0.05, 0.1) is 0 Å². The largest absolute Gasteiger partial charge is 0.311 e. The molecule has 0 spiro atoms. The molecule has 0 amide bonds. The van der Waals surface area contributed by atoms with E-state index in [0.717, 1.165) is 37.3 Å². The second-order valence-electron chi connectivity index (χ2n) is 4.39. The van der Waals surface area contributed by atoms with Gasteiger partial charge in [0.1, 0.15) is 0 Å². The lowest BCUT2D eigenvalue weighted by Gasteiger charge is -2.36. The Balaban J connectivity index is 1.72. The molecule has 2 aliphatic heterocycles. The van der Waals surface area contributed by atoms with Crippen molar-refractivity contribution >= 4 is 0 Å². The zero-order valence-corrected chi connectivity index (χ0v) is 7.59. The zero-order chi connectivity index (χ0) is 8.13. The molecule has 3 nitrogen and oxygen atoms in total. The van der Waals surface area contributed by atoms with Crippen LogP contribution in [0.2, 0.25) is 0 Å². The molecule has 3 heteroatoms. The van der Waals surface area contributed by atoms with Gasteiger partial charge in [-0.05, 0) is 19.9 Å². The molecule has 0 aromatic carbocycles. The van der Waals surface area contributed by atoms with Crippen LogP contribution in [0.5, 0.6) is 0 Å². The average molecular weight is 167 g/mol. The maximum atomic E-state index is 3.61. The molecular weight excluding hydrogens is 150 g/mol. The Morgan fingerprint density at radius 3 is 2.00 bits per heavy atom. The van der Waals surface area contributed by atoms with Gasteiger partial charge in [-0.15, -0.1) is 0 Å². The summed E-state index contributed by atoms with van der Waals surface area (Å²) in [5.41, 5.74) is 0. The van der Waals surface area contributed by atoms with E-state index in [0.29, 0.717) is 0 Å². The highest BCUT2D eigenvalue weighted by Crippen LogP contribution is 2.39. The first kappa shape index (κ1) is 7.30. The van der Waals surface area contributed by atoms with Crippen molar-refractivity contribution in [3.63, 3.8) is 0 Å². The lowest BCUT2D eigenvalue weighted by molar-refractivity contribution is 0.272. The number of likely N-dealkylation sites (N-methyl/N-ethyl adjacent to an activating group) is 1. The highest BCUT2D eigenvalue weighted by atomic mass is 15.3. The molecule has 3 fully saturated rings. The lowest BCUT2D eigenvalue weighted by atomic mass is 9.89. The van der Waals surface area contributed by atoms with Crippen molar-refractivity contribution in [1.82, 2.24) is 15.5 Å². The minimum absolute atomic E-state index is 0.755. The van der Waals surface area contributed by atoms with E-state index in [2.05, 4.69) is 22.6 Å². The summed E-state index contributed by atoms with van der Waals surface area (Å²) in [4.78, 5) is 2.52. The normalized spacial score (nSPS) is 57.2. The van der Waals surface area contributed by atoms with Gasteiger partial charge in [-0.3, -0.25) is 4.90 Å². The fourth-order valence-corrected chi connectivity index (χ4v) is 2.94. The van der Waals surface area contributed by atoms with Crippen LogP contribution < -0.4 is 10.6 Å². The standard InChI is InChI=1S/C9H17N3/c1-12-8-4-6-7(5-9(8)12)11-3-2-10-6/h6-11H,2-5H2,1H3. The Morgan fingerprint density at radius 1 is 1.00 bits per heavy atom. The first-order valence-electron chi connectivity index (χ1n) is 5.05. The number of piperazine rings is 1. The highest BCUT2D eigenvalue weighted by molar-refractivity contribution is 5.11. The summed E-state index contributed by atoms with van der Waals surface area (Å²) in [5.74, 6) is 0. The SMILES string of the molecule is CN1C2CC3NCCNC3CC21. The fourth-order valence-electron chi connectivity index (χ4n) is 2.94. The molecule has 2 saturated heterocycles. The van der Waals surface area contributed by atoms with Crippen molar-refractivity contribution in [1.29, 1.82) is 0 Å². The van der Waals surface area contributed by atoms with Crippen molar-refractivity contribution < 1.29 is 0 Å². The summed E-state index contributed by atoms with van der Waals surface area (Å²) in [7, 11) is 2.26. The summed E-state index contributed by atoms with van der Waals surface area (Å²) in [6, 6.07) is 3.31. The Hall–Kier alpha value is -0.120. The lowest BCUT2D eigenvalue weighted by Crippen LogP contribution is -2.58. The van der Waals surface area contributed by atoms with Crippen molar-refractivity contribution in [2.45, 2.75) is 37.0 Å². The van der Waals surface area contributed by atoms with Crippen molar-refractivity contribution in [2.75, 3.05) is 20.1 Å². The number of nitrogens with one attached hydrogen (secondary N) is 2. The molecule has 3 rings (SSSR count). The molecule has 0 radical (unpaired) electrons. The molecule has 0 aromatic heterocycles. The number of hydrogen-bond donors (Lipinski definition) is 2. The number of hydrogen-bond acceptors (Lipinski definition) is 3. The van der Waals surface area contributed by atoms with Gasteiger partial charge in [-0.25, -0.2) is 0 Å². The van der Waals surface area contributed by atoms with Gasteiger partial charge in [0.15, 0.2) is 0 Å². The molecule has 4 unspecified atom stereocenters. The van der Waals surface area contributed by atoms with Gasteiger partial charge in [-0.2, -0.15) is 0 Å². The second-order valence-corrected chi connectivity index (χ2v) is 4.39. The molecule has 12 heavy (non-hydrogen) atoms. The summed E-state index contributed by atoms with van der Waals surface area (Å²) in [6.07, 6.45) is 2.72. The Bertz CT molecular complexity index is 174. The summed E-state index contributed by atoms with van der Waals surface area (Å²) in [5, 5.41) is 7.22. The quantitative estimate of drug-likeness (QED) is 0.471. The number of fused-ring (bicyclic) bond motifs is 2. The summed E-state index contributed by atoms with van der Waals surface area (Å²) >= 11 is 0. The molecule has 2 N–H and O–H groups in total. The average Bonchev–Trinajstić information content (AvgIpc) is 2.74. The van der Waals surface area contributed by atoms with Crippen LogP contribution >= 0.6 is 0 Å².